The fourth-order valence-electron chi connectivity index (χ4n) is 2.66. The fraction of sp³-hybridized carbons (Fsp3) is 0.444. The maximum Gasteiger partial charge on any atom is 0.119 e. The lowest BCUT2D eigenvalue weighted by atomic mass is 9.97. The molecule has 2 nitrogen and oxygen atoms in total. The van der Waals surface area contributed by atoms with Crippen LogP contribution in [0.4, 0.5) is 0 Å². The van der Waals surface area contributed by atoms with Crippen molar-refractivity contribution in [3.05, 3.63) is 42.0 Å². The molecule has 0 aliphatic rings. The normalized spacial score (nSPS) is 12.6. The molecular weight excluding hydrogens is 246 g/mol. The highest BCUT2D eigenvalue weighted by Gasteiger charge is 2.09. The van der Waals surface area contributed by atoms with Gasteiger partial charge in [-0.15, -0.1) is 0 Å². The van der Waals surface area contributed by atoms with Crippen LogP contribution in [0.2, 0.25) is 0 Å². The Labute approximate surface area is 122 Å². The molecule has 0 saturated carbocycles. The van der Waals surface area contributed by atoms with Gasteiger partial charge in [0.05, 0.1) is 7.11 Å². The highest BCUT2D eigenvalue weighted by molar-refractivity contribution is 5.84. The van der Waals surface area contributed by atoms with Crippen LogP contribution in [-0.2, 0) is 0 Å². The second-order valence-electron chi connectivity index (χ2n) is 5.31. The fourth-order valence-corrected chi connectivity index (χ4v) is 2.66. The van der Waals surface area contributed by atoms with Crippen LogP contribution >= 0.6 is 0 Å². The molecule has 20 heavy (non-hydrogen) atoms. The molecule has 2 aromatic rings. The SMILES string of the molecule is CCCCCC(NC)c1ccc2cc(OC)ccc2c1. The van der Waals surface area contributed by atoms with Gasteiger partial charge in [-0.25, -0.2) is 0 Å². The molecule has 1 atom stereocenters. The highest BCUT2D eigenvalue weighted by atomic mass is 16.5. The van der Waals surface area contributed by atoms with Gasteiger partial charge < -0.3 is 10.1 Å². The summed E-state index contributed by atoms with van der Waals surface area (Å²) in [7, 11) is 3.76. The molecule has 0 aromatic heterocycles. The quantitative estimate of drug-likeness (QED) is 0.738. The highest BCUT2D eigenvalue weighted by Crippen LogP contribution is 2.26. The summed E-state index contributed by atoms with van der Waals surface area (Å²) in [6, 6.07) is 13.4. The van der Waals surface area contributed by atoms with Gasteiger partial charge in [-0.2, -0.15) is 0 Å². The smallest absolute Gasteiger partial charge is 0.119 e. The van der Waals surface area contributed by atoms with Crippen molar-refractivity contribution in [2.75, 3.05) is 14.2 Å². The van der Waals surface area contributed by atoms with Crippen molar-refractivity contribution in [2.45, 2.75) is 38.6 Å². The first kappa shape index (κ1) is 14.9. The van der Waals surface area contributed by atoms with Crippen molar-refractivity contribution in [3.8, 4) is 5.75 Å². The van der Waals surface area contributed by atoms with Crippen molar-refractivity contribution < 1.29 is 4.74 Å². The zero-order valence-electron chi connectivity index (χ0n) is 12.8. The van der Waals surface area contributed by atoms with Crippen LogP contribution in [0.5, 0.6) is 5.75 Å². The summed E-state index contributed by atoms with van der Waals surface area (Å²) in [6.07, 6.45) is 5.06. The Morgan fingerprint density at radius 1 is 1.05 bits per heavy atom. The van der Waals surface area contributed by atoms with Gasteiger partial charge in [0.25, 0.3) is 0 Å². The number of benzene rings is 2. The van der Waals surface area contributed by atoms with Gasteiger partial charge in [0.2, 0.25) is 0 Å². The first-order chi connectivity index (χ1) is 9.78. The third kappa shape index (κ3) is 3.51. The minimum Gasteiger partial charge on any atom is -0.497 e. The Hall–Kier alpha value is -1.54. The molecule has 0 spiro atoms. The van der Waals surface area contributed by atoms with E-state index < -0.39 is 0 Å². The first-order valence-electron chi connectivity index (χ1n) is 7.53. The minimum atomic E-state index is 0.452. The maximum atomic E-state index is 5.27. The standard InChI is InChI=1S/C18H25NO/c1-4-5-6-7-18(19-2)16-9-8-15-13-17(20-3)11-10-14(15)12-16/h8-13,18-19H,4-7H2,1-3H3. The van der Waals surface area contributed by atoms with Crippen molar-refractivity contribution in [1.82, 2.24) is 5.32 Å². The van der Waals surface area contributed by atoms with Gasteiger partial charge in [0.1, 0.15) is 5.75 Å². The molecule has 0 radical (unpaired) electrons. The van der Waals surface area contributed by atoms with Crippen LogP contribution in [0.25, 0.3) is 10.8 Å². The van der Waals surface area contributed by atoms with Crippen LogP contribution in [0.3, 0.4) is 0 Å². The average Bonchev–Trinajstić information content (AvgIpc) is 2.50. The maximum absolute atomic E-state index is 5.27. The Morgan fingerprint density at radius 2 is 1.80 bits per heavy atom. The van der Waals surface area contributed by atoms with E-state index in [2.05, 4.69) is 49.6 Å². The number of rotatable bonds is 7. The Kier molecular flexibility index (Phi) is 5.42. The third-order valence-corrected chi connectivity index (χ3v) is 3.92. The van der Waals surface area contributed by atoms with Gasteiger partial charge >= 0.3 is 0 Å². The lowest BCUT2D eigenvalue weighted by Gasteiger charge is -2.17. The molecule has 108 valence electrons. The van der Waals surface area contributed by atoms with E-state index in [1.165, 1.54) is 42.0 Å². The van der Waals surface area contributed by atoms with Crippen LogP contribution < -0.4 is 10.1 Å². The molecule has 0 aliphatic carbocycles. The topological polar surface area (TPSA) is 21.3 Å². The zero-order valence-corrected chi connectivity index (χ0v) is 12.8. The molecule has 2 heteroatoms. The zero-order chi connectivity index (χ0) is 14.4. The summed E-state index contributed by atoms with van der Waals surface area (Å²) in [5.74, 6) is 0.915. The van der Waals surface area contributed by atoms with E-state index in [0.717, 1.165) is 5.75 Å². The van der Waals surface area contributed by atoms with E-state index in [4.69, 9.17) is 4.74 Å². The van der Waals surface area contributed by atoms with E-state index in [1.54, 1.807) is 7.11 Å². The predicted octanol–water partition coefficient (Wildman–Crippen LogP) is 4.69. The predicted molar refractivity (Wildman–Crippen MR) is 86.4 cm³/mol. The van der Waals surface area contributed by atoms with Crippen LogP contribution in [-0.4, -0.2) is 14.2 Å². The third-order valence-electron chi connectivity index (χ3n) is 3.92. The molecule has 0 amide bonds. The molecule has 0 fully saturated rings. The van der Waals surface area contributed by atoms with E-state index in [1.807, 2.05) is 6.07 Å². The van der Waals surface area contributed by atoms with Gasteiger partial charge in [-0.3, -0.25) is 0 Å². The molecule has 2 rings (SSSR count). The minimum absolute atomic E-state index is 0.452. The average molecular weight is 271 g/mol. The van der Waals surface area contributed by atoms with E-state index in [0.29, 0.717) is 6.04 Å². The van der Waals surface area contributed by atoms with Gasteiger partial charge in [0, 0.05) is 6.04 Å². The summed E-state index contributed by atoms with van der Waals surface area (Å²) in [5.41, 5.74) is 1.38. The molecule has 1 unspecified atom stereocenters. The summed E-state index contributed by atoms with van der Waals surface area (Å²) in [4.78, 5) is 0. The lowest BCUT2D eigenvalue weighted by Crippen LogP contribution is -2.16. The molecule has 0 heterocycles. The number of hydrogen-bond donors (Lipinski definition) is 1. The van der Waals surface area contributed by atoms with Crippen molar-refractivity contribution in [3.63, 3.8) is 0 Å². The number of ether oxygens (including phenoxy) is 1. The summed E-state index contributed by atoms with van der Waals surface area (Å²) < 4.78 is 5.27. The first-order valence-corrected chi connectivity index (χ1v) is 7.53. The Morgan fingerprint density at radius 3 is 2.50 bits per heavy atom. The van der Waals surface area contributed by atoms with E-state index in [9.17, 15) is 0 Å². The Bertz CT molecular complexity index is 550. The number of methoxy groups -OCH3 is 1. The molecule has 0 aliphatic heterocycles. The number of unbranched alkanes of at least 4 members (excludes halogenated alkanes) is 2. The number of nitrogens with one attached hydrogen (secondary N) is 1. The van der Waals surface area contributed by atoms with E-state index in [-0.39, 0.29) is 0 Å². The van der Waals surface area contributed by atoms with E-state index >= 15 is 0 Å². The second-order valence-corrected chi connectivity index (χ2v) is 5.31. The van der Waals surface area contributed by atoms with Crippen molar-refractivity contribution in [1.29, 1.82) is 0 Å². The number of fused-ring (bicyclic) bond motifs is 1. The van der Waals surface area contributed by atoms with Gasteiger partial charge in [0.15, 0.2) is 0 Å². The van der Waals surface area contributed by atoms with Crippen molar-refractivity contribution in [2.24, 2.45) is 0 Å². The lowest BCUT2D eigenvalue weighted by molar-refractivity contribution is 0.415. The van der Waals surface area contributed by atoms with Gasteiger partial charge in [-0.05, 0) is 48.0 Å². The second kappa shape index (κ2) is 7.30. The summed E-state index contributed by atoms with van der Waals surface area (Å²) in [5, 5.41) is 5.95. The van der Waals surface area contributed by atoms with Crippen LogP contribution in [0, 0.1) is 0 Å². The monoisotopic (exact) mass is 271 g/mol. The molecule has 0 bridgehead atoms. The van der Waals surface area contributed by atoms with Crippen molar-refractivity contribution >= 4 is 10.8 Å². The van der Waals surface area contributed by atoms with Crippen LogP contribution in [0.15, 0.2) is 36.4 Å². The largest absolute Gasteiger partial charge is 0.497 e. The van der Waals surface area contributed by atoms with Crippen LogP contribution in [0.1, 0.15) is 44.2 Å². The molecular formula is C18H25NO. The molecule has 2 aromatic carbocycles. The summed E-state index contributed by atoms with van der Waals surface area (Å²) in [6.45, 7) is 2.25. The Balaban J connectivity index is 2.21. The molecule has 0 saturated heterocycles. The van der Waals surface area contributed by atoms with Gasteiger partial charge in [-0.1, -0.05) is 44.4 Å². The molecule has 1 N–H and O–H groups in total. The number of hydrogen-bond acceptors (Lipinski definition) is 2. The summed E-state index contributed by atoms with van der Waals surface area (Å²) >= 11 is 0.